The number of carboxylic acid groups (broad SMARTS) is 1. The lowest BCUT2D eigenvalue weighted by Crippen LogP contribution is -2.13. The lowest BCUT2D eigenvalue weighted by atomic mass is 10.2. The van der Waals surface area contributed by atoms with E-state index >= 15 is 0 Å². The first kappa shape index (κ1) is 13.8. The topological polar surface area (TPSA) is 92.4 Å². The van der Waals surface area contributed by atoms with Crippen LogP contribution >= 0.6 is 15.9 Å². The first-order chi connectivity index (χ1) is 10.0. The van der Waals surface area contributed by atoms with E-state index in [4.69, 9.17) is 9.63 Å². The number of carbonyl (C=O) groups is 2. The lowest BCUT2D eigenvalue weighted by molar-refractivity contribution is 0.0696. The van der Waals surface area contributed by atoms with Crippen molar-refractivity contribution in [2.75, 3.05) is 5.32 Å². The van der Waals surface area contributed by atoms with Crippen LogP contribution in [0.3, 0.4) is 0 Å². The van der Waals surface area contributed by atoms with Crippen molar-refractivity contribution < 1.29 is 19.2 Å². The Labute approximate surface area is 128 Å². The standard InChI is InChI=1S/C14H11BrN2O4/c15-9-5-8(14(19)20)3-4-10(9)16-13(18)11-6-12(21-17-11)7-1-2-7/h3-7H,1-2H2,(H,16,18)(H,19,20). The predicted molar refractivity (Wildman–Crippen MR) is 77.5 cm³/mol. The number of hydrogen-bond acceptors (Lipinski definition) is 4. The zero-order chi connectivity index (χ0) is 15.0. The van der Waals surface area contributed by atoms with Crippen molar-refractivity contribution in [3.8, 4) is 0 Å². The summed E-state index contributed by atoms with van der Waals surface area (Å²) in [6.07, 6.45) is 2.14. The number of carboxylic acids is 1. The summed E-state index contributed by atoms with van der Waals surface area (Å²) < 4.78 is 5.62. The maximum absolute atomic E-state index is 12.1. The van der Waals surface area contributed by atoms with Crippen LogP contribution in [0, 0.1) is 0 Å². The SMILES string of the molecule is O=C(O)c1ccc(NC(=O)c2cc(C3CC3)on2)c(Br)c1. The Morgan fingerprint density at radius 1 is 1.33 bits per heavy atom. The molecular weight excluding hydrogens is 340 g/mol. The minimum atomic E-state index is -1.03. The molecule has 1 amide bonds. The van der Waals surface area contributed by atoms with Gasteiger partial charge >= 0.3 is 5.97 Å². The monoisotopic (exact) mass is 350 g/mol. The van der Waals surface area contributed by atoms with Crippen LogP contribution in [-0.2, 0) is 0 Å². The molecule has 21 heavy (non-hydrogen) atoms. The number of nitrogens with one attached hydrogen (secondary N) is 1. The van der Waals surface area contributed by atoms with Gasteiger partial charge in [-0.05, 0) is 47.0 Å². The Morgan fingerprint density at radius 3 is 2.71 bits per heavy atom. The average molecular weight is 351 g/mol. The number of anilines is 1. The van der Waals surface area contributed by atoms with Crippen molar-refractivity contribution in [1.29, 1.82) is 0 Å². The highest BCUT2D eigenvalue weighted by molar-refractivity contribution is 9.10. The van der Waals surface area contributed by atoms with Crippen molar-refractivity contribution in [2.24, 2.45) is 0 Å². The van der Waals surface area contributed by atoms with E-state index in [9.17, 15) is 9.59 Å². The van der Waals surface area contributed by atoms with Crippen LogP contribution in [0.15, 0.2) is 33.3 Å². The van der Waals surface area contributed by atoms with Crippen LogP contribution in [0.1, 0.15) is 45.4 Å². The number of aromatic nitrogens is 1. The molecule has 1 aromatic carbocycles. The Bertz CT molecular complexity index is 722. The second-order valence-corrected chi connectivity index (χ2v) is 5.70. The van der Waals surface area contributed by atoms with Crippen LogP contribution in [0.4, 0.5) is 5.69 Å². The number of halogens is 1. The largest absolute Gasteiger partial charge is 0.478 e. The highest BCUT2D eigenvalue weighted by Gasteiger charge is 2.29. The van der Waals surface area contributed by atoms with Crippen LogP contribution in [0.2, 0.25) is 0 Å². The van der Waals surface area contributed by atoms with Gasteiger partial charge in [0.05, 0.1) is 11.3 Å². The number of benzene rings is 1. The number of carbonyl (C=O) groups excluding carboxylic acids is 1. The second kappa shape index (κ2) is 5.33. The summed E-state index contributed by atoms with van der Waals surface area (Å²) in [7, 11) is 0. The first-order valence-electron chi connectivity index (χ1n) is 6.35. The van der Waals surface area contributed by atoms with E-state index < -0.39 is 11.9 Å². The van der Waals surface area contributed by atoms with Crippen LogP contribution < -0.4 is 5.32 Å². The van der Waals surface area contributed by atoms with Gasteiger partial charge in [-0.15, -0.1) is 0 Å². The molecule has 0 aliphatic heterocycles. The zero-order valence-corrected chi connectivity index (χ0v) is 12.4. The van der Waals surface area contributed by atoms with Gasteiger partial charge in [-0.2, -0.15) is 0 Å². The number of nitrogens with zero attached hydrogens (tertiary/aromatic N) is 1. The summed E-state index contributed by atoms with van der Waals surface area (Å²) in [5.41, 5.74) is 0.824. The summed E-state index contributed by atoms with van der Waals surface area (Å²) >= 11 is 3.23. The Kier molecular flexibility index (Phi) is 3.50. The second-order valence-electron chi connectivity index (χ2n) is 4.84. The van der Waals surface area contributed by atoms with Gasteiger partial charge in [0.2, 0.25) is 0 Å². The molecule has 0 saturated heterocycles. The molecule has 1 aliphatic rings. The predicted octanol–water partition coefficient (Wildman–Crippen LogP) is 3.27. The van der Waals surface area contributed by atoms with Crippen LogP contribution in [0.25, 0.3) is 0 Å². The summed E-state index contributed by atoms with van der Waals surface area (Å²) in [5.74, 6) is -0.297. The quantitative estimate of drug-likeness (QED) is 0.882. The number of aromatic carboxylic acids is 1. The van der Waals surface area contributed by atoms with Crippen molar-refractivity contribution in [3.05, 3.63) is 45.8 Å². The highest BCUT2D eigenvalue weighted by atomic mass is 79.9. The molecule has 1 aromatic heterocycles. The first-order valence-corrected chi connectivity index (χ1v) is 7.14. The molecule has 7 heteroatoms. The molecular formula is C14H11BrN2O4. The van der Waals surface area contributed by atoms with Gasteiger partial charge < -0.3 is 14.9 Å². The molecule has 2 N–H and O–H groups in total. The number of hydrogen-bond donors (Lipinski definition) is 2. The summed E-state index contributed by atoms with van der Waals surface area (Å²) in [6.45, 7) is 0. The van der Waals surface area contributed by atoms with Crippen LogP contribution in [-0.4, -0.2) is 22.1 Å². The molecule has 1 aliphatic carbocycles. The van der Waals surface area contributed by atoms with Gasteiger partial charge in [0.1, 0.15) is 5.76 Å². The van der Waals surface area contributed by atoms with Gasteiger partial charge in [0, 0.05) is 16.5 Å². The third-order valence-electron chi connectivity index (χ3n) is 3.20. The van der Waals surface area contributed by atoms with Gasteiger partial charge in [0.15, 0.2) is 5.69 Å². The van der Waals surface area contributed by atoms with Crippen LogP contribution in [0.5, 0.6) is 0 Å². The molecule has 6 nitrogen and oxygen atoms in total. The molecule has 1 heterocycles. The molecule has 2 aromatic rings. The van der Waals surface area contributed by atoms with Crippen molar-refractivity contribution >= 4 is 33.5 Å². The Morgan fingerprint density at radius 2 is 2.10 bits per heavy atom. The summed E-state index contributed by atoms with van der Waals surface area (Å²) in [4.78, 5) is 22.9. The van der Waals surface area contributed by atoms with Gasteiger partial charge in [-0.1, -0.05) is 5.16 Å². The molecule has 0 unspecified atom stereocenters. The van der Waals surface area contributed by atoms with E-state index in [-0.39, 0.29) is 11.3 Å². The summed E-state index contributed by atoms with van der Waals surface area (Å²) in [6, 6.07) is 6.01. The number of rotatable bonds is 4. The third kappa shape index (κ3) is 2.97. The van der Waals surface area contributed by atoms with Crippen molar-refractivity contribution in [3.63, 3.8) is 0 Å². The van der Waals surface area contributed by atoms with E-state index in [0.29, 0.717) is 16.1 Å². The van der Waals surface area contributed by atoms with Gasteiger partial charge in [-0.25, -0.2) is 4.79 Å². The summed E-state index contributed by atoms with van der Waals surface area (Å²) in [5, 5.41) is 15.3. The minimum absolute atomic E-state index is 0.136. The van der Waals surface area contributed by atoms with Crippen molar-refractivity contribution in [2.45, 2.75) is 18.8 Å². The Balaban J connectivity index is 1.75. The molecule has 0 bridgehead atoms. The maximum atomic E-state index is 12.1. The smallest absolute Gasteiger partial charge is 0.335 e. The third-order valence-corrected chi connectivity index (χ3v) is 3.86. The Hall–Kier alpha value is -2.15. The minimum Gasteiger partial charge on any atom is -0.478 e. The molecule has 1 fully saturated rings. The highest BCUT2D eigenvalue weighted by Crippen LogP contribution is 2.40. The molecule has 3 rings (SSSR count). The average Bonchev–Trinajstić information content (AvgIpc) is 3.18. The molecule has 1 saturated carbocycles. The van der Waals surface area contributed by atoms with Crippen molar-refractivity contribution in [1.82, 2.24) is 5.16 Å². The lowest BCUT2D eigenvalue weighted by Gasteiger charge is -2.06. The van der Waals surface area contributed by atoms with E-state index in [0.717, 1.165) is 18.6 Å². The normalized spacial score (nSPS) is 14.0. The van der Waals surface area contributed by atoms with E-state index in [1.807, 2.05) is 0 Å². The fourth-order valence-corrected chi connectivity index (χ4v) is 2.37. The fourth-order valence-electron chi connectivity index (χ4n) is 1.89. The molecule has 108 valence electrons. The molecule has 0 radical (unpaired) electrons. The van der Waals surface area contributed by atoms with E-state index in [1.165, 1.54) is 18.2 Å². The molecule has 0 atom stereocenters. The maximum Gasteiger partial charge on any atom is 0.335 e. The van der Waals surface area contributed by atoms with E-state index in [1.54, 1.807) is 6.07 Å². The number of amides is 1. The van der Waals surface area contributed by atoms with Gasteiger partial charge in [0.25, 0.3) is 5.91 Å². The fraction of sp³-hybridized carbons (Fsp3) is 0.214. The van der Waals surface area contributed by atoms with Gasteiger partial charge in [-0.3, -0.25) is 4.79 Å². The molecule has 0 spiro atoms. The van der Waals surface area contributed by atoms with E-state index in [2.05, 4.69) is 26.4 Å². The zero-order valence-electron chi connectivity index (χ0n) is 10.8.